The van der Waals surface area contributed by atoms with Crippen LogP contribution < -0.4 is 0 Å². The number of nitrogens with zero attached hydrogens (tertiary/aromatic N) is 5. The van der Waals surface area contributed by atoms with E-state index in [1.54, 1.807) is 17.0 Å². The molecule has 166 valence electrons. The highest BCUT2D eigenvalue weighted by Gasteiger charge is 2.27. The standard InChI is InChI=1S/C22H23N5O5/c23-12-17-16-11-19(31-18(16)3-6-24-17)21-25-20(26-32-21)10-14-4-7-27(8-5-14)22(28)30-13-15-2-1-9-29-15/h3,6,11,14-15H,1-2,4-5,7-10,13H2/t15-/m1/s1. The first-order valence-electron chi connectivity index (χ1n) is 10.8. The number of piperidine rings is 1. The number of amides is 1. The third-order valence-electron chi connectivity index (χ3n) is 5.99. The van der Waals surface area contributed by atoms with E-state index in [0.717, 1.165) is 32.3 Å². The first kappa shape index (κ1) is 20.5. The average Bonchev–Trinajstić information content (AvgIpc) is 3.58. The van der Waals surface area contributed by atoms with Gasteiger partial charge in [0.15, 0.2) is 17.3 Å². The fourth-order valence-electron chi connectivity index (χ4n) is 4.20. The number of rotatable bonds is 5. The minimum atomic E-state index is -0.267. The number of aromatic nitrogens is 3. The predicted octanol–water partition coefficient (Wildman–Crippen LogP) is 3.32. The number of carbonyl (C=O) groups excluding carboxylic acids is 1. The van der Waals surface area contributed by atoms with Crippen molar-refractivity contribution >= 4 is 17.1 Å². The molecule has 3 aromatic heterocycles. The molecule has 2 aliphatic heterocycles. The molecule has 1 atom stereocenters. The number of hydrogen-bond donors (Lipinski definition) is 0. The van der Waals surface area contributed by atoms with Crippen LogP contribution >= 0.6 is 0 Å². The summed E-state index contributed by atoms with van der Waals surface area (Å²) >= 11 is 0. The molecule has 0 saturated carbocycles. The van der Waals surface area contributed by atoms with Crippen molar-refractivity contribution in [2.75, 3.05) is 26.3 Å². The van der Waals surface area contributed by atoms with E-state index in [-0.39, 0.29) is 18.1 Å². The molecular weight excluding hydrogens is 414 g/mol. The maximum Gasteiger partial charge on any atom is 0.409 e. The van der Waals surface area contributed by atoms with E-state index in [4.69, 9.17) is 18.4 Å². The fraction of sp³-hybridized carbons (Fsp3) is 0.500. The van der Waals surface area contributed by atoms with Gasteiger partial charge in [0.2, 0.25) is 0 Å². The second-order valence-corrected chi connectivity index (χ2v) is 8.16. The van der Waals surface area contributed by atoms with Crippen LogP contribution in [0.15, 0.2) is 27.3 Å². The zero-order valence-electron chi connectivity index (χ0n) is 17.5. The predicted molar refractivity (Wildman–Crippen MR) is 110 cm³/mol. The van der Waals surface area contributed by atoms with Crippen molar-refractivity contribution in [1.82, 2.24) is 20.0 Å². The van der Waals surface area contributed by atoms with Gasteiger partial charge in [-0.3, -0.25) is 0 Å². The highest BCUT2D eigenvalue weighted by molar-refractivity contribution is 5.85. The van der Waals surface area contributed by atoms with Crippen LogP contribution in [0.25, 0.3) is 22.6 Å². The van der Waals surface area contributed by atoms with Gasteiger partial charge in [0.1, 0.15) is 18.3 Å². The summed E-state index contributed by atoms with van der Waals surface area (Å²) in [5.41, 5.74) is 0.836. The Balaban J connectivity index is 1.15. The normalized spacial score (nSPS) is 19.3. The second kappa shape index (κ2) is 8.96. The lowest BCUT2D eigenvalue weighted by molar-refractivity contribution is 0.0257. The van der Waals surface area contributed by atoms with Gasteiger partial charge in [-0.25, -0.2) is 9.78 Å². The lowest BCUT2D eigenvalue weighted by Gasteiger charge is -2.31. The number of ether oxygens (including phenoxy) is 2. The molecular formula is C22H23N5O5. The van der Waals surface area contributed by atoms with Gasteiger partial charge >= 0.3 is 6.09 Å². The molecule has 5 rings (SSSR count). The molecule has 3 aromatic rings. The molecule has 0 radical (unpaired) electrons. The van der Waals surface area contributed by atoms with E-state index >= 15 is 0 Å². The van der Waals surface area contributed by atoms with E-state index in [1.807, 2.05) is 6.07 Å². The molecule has 0 aromatic carbocycles. The second-order valence-electron chi connectivity index (χ2n) is 8.16. The Morgan fingerprint density at radius 1 is 1.31 bits per heavy atom. The molecule has 10 nitrogen and oxygen atoms in total. The summed E-state index contributed by atoms with van der Waals surface area (Å²) in [4.78, 5) is 22.5. The molecule has 0 aliphatic carbocycles. The summed E-state index contributed by atoms with van der Waals surface area (Å²) in [5.74, 6) is 1.63. The van der Waals surface area contributed by atoms with Gasteiger partial charge < -0.3 is 23.3 Å². The number of pyridine rings is 1. The lowest BCUT2D eigenvalue weighted by atomic mass is 9.93. The van der Waals surface area contributed by atoms with Gasteiger partial charge in [0, 0.05) is 38.4 Å². The van der Waals surface area contributed by atoms with Crippen molar-refractivity contribution in [2.45, 2.75) is 38.2 Å². The van der Waals surface area contributed by atoms with Crippen molar-refractivity contribution in [3.05, 3.63) is 29.8 Å². The molecule has 0 unspecified atom stereocenters. The number of fused-ring (bicyclic) bond motifs is 1. The maximum atomic E-state index is 12.3. The Morgan fingerprint density at radius 3 is 2.97 bits per heavy atom. The smallest absolute Gasteiger partial charge is 0.409 e. The van der Waals surface area contributed by atoms with Crippen molar-refractivity contribution in [1.29, 1.82) is 5.26 Å². The minimum absolute atomic E-state index is 0.0402. The summed E-state index contributed by atoms with van der Waals surface area (Å²) in [6.45, 7) is 2.37. The number of hydrogen-bond acceptors (Lipinski definition) is 9. The molecule has 0 spiro atoms. The van der Waals surface area contributed by atoms with E-state index in [2.05, 4.69) is 15.1 Å². The van der Waals surface area contributed by atoms with Crippen LogP contribution in [-0.4, -0.2) is 58.5 Å². The molecule has 32 heavy (non-hydrogen) atoms. The molecule has 2 aliphatic rings. The Kier molecular flexibility index (Phi) is 5.73. The van der Waals surface area contributed by atoms with E-state index < -0.39 is 0 Å². The van der Waals surface area contributed by atoms with Gasteiger partial charge in [-0.05, 0) is 37.7 Å². The van der Waals surface area contributed by atoms with Crippen molar-refractivity contribution in [2.24, 2.45) is 5.92 Å². The van der Waals surface area contributed by atoms with Crippen molar-refractivity contribution in [3.8, 4) is 17.7 Å². The van der Waals surface area contributed by atoms with Gasteiger partial charge in [-0.1, -0.05) is 5.16 Å². The summed E-state index contributed by atoms with van der Waals surface area (Å²) in [7, 11) is 0. The molecule has 5 heterocycles. The first-order valence-corrected chi connectivity index (χ1v) is 10.8. The molecule has 1 amide bonds. The zero-order chi connectivity index (χ0) is 21.9. The molecule has 2 fully saturated rings. The van der Waals surface area contributed by atoms with Crippen molar-refractivity contribution in [3.63, 3.8) is 0 Å². The minimum Gasteiger partial charge on any atom is -0.451 e. The highest BCUT2D eigenvalue weighted by Crippen LogP contribution is 2.29. The number of carbonyl (C=O) groups is 1. The summed E-state index contributed by atoms with van der Waals surface area (Å²) in [5, 5.41) is 13.9. The monoisotopic (exact) mass is 437 g/mol. The Bertz CT molecular complexity index is 1140. The quantitative estimate of drug-likeness (QED) is 0.590. The lowest BCUT2D eigenvalue weighted by Crippen LogP contribution is -2.40. The van der Waals surface area contributed by atoms with Crippen LogP contribution in [0.1, 0.15) is 37.2 Å². The van der Waals surface area contributed by atoms with Gasteiger partial charge in [0.25, 0.3) is 5.89 Å². The average molecular weight is 437 g/mol. The number of likely N-dealkylation sites (tertiary alicyclic amines) is 1. The Hall–Kier alpha value is -3.45. The number of nitriles is 1. The zero-order valence-corrected chi connectivity index (χ0v) is 17.5. The SMILES string of the molecule is N#Cc1nccc2oc(-c3nc(CC4CCN(C(=O)OC[C@H]5CCCO5)CC4)no3)cc12. The fourth-order valence-corrected chi connectivity index (χ4v) is 4.20. The number of furan rings is 1. The third kappa shape index (κ3) is 4.29. The van der Waals surface area contributed by atoms with Gasteiger partial charge in [-0.15, -0.1) is 0 Å². The Labute approximate surface area is 184 Å². The topological polar surface area (TPSA) is 128 Å². The van der Waals surface area contributed by atoms with Crippen LogP contribution in [-0.2, 0) is 15.9 Å². The summed E-state index contributed by atoms with van der Waals surface area (Å²) in [6, 6.07) is 5.43. The molecule has 0 bridgehead atoms. The molecule has 10 heteroatoms. The van der Waals surface area contributed by atoms with E-state index in [1.165, 1.54) is 6.20 Å². The van der Waals surface area contributed by atoms with Crippen LogP contribution in [0.5, 0.6) is 0 Å². The maximum absolute atomic E-state index is 12.3. The van der Waals surface area contributed by atoms with Crippen LogP contribution in [0, 0.1) is 17.2 Å². The highest BCUT2D eigenvalue weighted by atomic mass is 16.6. The largest absolute Gasteiger partial charge is 0.451 e. The van der Waals surface area contributed by atoms with Crippen molar-refractivity contribution < 1.29 is 23.2 Å². The van der Waals surface area contributed by atoms with Crippen LogP contribution in [0.2, 0.25) is 0 Å². The van der Waals surface area contributed by atoms with Gasteiger partial charge in [0.05, 0.1) is 11.5 Å². The van der Waals surface area contributed by atoms with E-state index in [0.29, 0.717) is 60.3 Å². The third-order valence-corrected chi connectivity index (χ3v) is 5.99. The van der Waals surface area contributed by atoms with Crippen LogP contribution in [0.3, 0.4) is 0 Å². The van der Waals surface area contributed by atoms with E-state index in [9.17, 15) is 10.1 Å². The summed E-state index contributed by atoms with van der Waals surface area (Å²) < 4.78 is 22.0. The summed E-state index contributed by atoms with van der Waals surface area (Å²) in [6.07, 6.45) is 5.63. The Morgan fingerprint density at radius 2 is 2.19 bits per heavy atom. The van der Waals surface area contributed by atoms with Gasteiger partial charge in [-0.2, -0.15) is 10.2 Å². The first-order chi connectivity index (χ1) is 15.7. The molecule has 2 saturated heterocycles. The van der Waals surface area contributed by atoms with Crippen LogP contribution in [0.4, 0.5) is 4.79 Å². The molecule has 0 N–H and O–H groups in total.